The first kappa shape index (κ1) is 13.8. The number of imide groups is 1. The van der Waals surface area contributed by atoms with Crippen LogP contribution in [-0.4, -0.2) is 27.8 Å². The molecule has 3 rings (SSSR count). The van der Waals surface area contributed by atoms with Crippen molar-refractivity contribution in [3.05, 3.63) is 35.9 Å². The molecule has 1 aliphatic carbocycles. The van der Waals surface area contributed by atoms with Crippen LogP contribution in [0, 0.1) is 17.8 Å². The van der Waals surface area contributed by atoms with Crippen molar-refractivity contribution >= 4 is 17.8 Å². The molecule has 5 heteroatoms. The Morgan fingerprint density at radius 3 is 2.14 bits per heavy atom. The summed E-state index contributed by atoms with van der Waals surface area (Å²) in [7, 11) is 0. The first-order chi connectivity index (χ1) is 10.0. The van der Waals surface area contributed by atoms with Crippen LogP contribution < -0.4 is 0 Å². The van der Waals surface area contributed by atoms with E-state index in [1.807, 2.05) is 6.92 Å². The zero-order chi connectivity index (χ0) is 15.1. The molecule has 21 heavy (non-hydrogen) atoms. The van der Waals surface area contributed by atoms with E-state index in [9.17, 15) is 19.5 Å². The highest BCUT2D eigenvalue weighted by molar-refractivity contribution is 6.08. The van der Waals surface area contributed by atoms with E-state index in [4.69, 9.17) is 0 Å². The predicted molar refractivity (Wildman–Crippen MR) is 74.0 cm³/mol. The van der Waals surface area contributed by atoms with Crippen LogP contribution in [0.5, 0.6) is 0 Å². The largest absolute Gasteiger partial charge is 0.479 e. The molecule has 1 saturated heterocycles. The number of hydrogen-bond donors (Lipinski definition) is 1. The zero-order valence-electron chi connectivity index (χ0n) is 11.7. The molecule has 1 N–H and O–H groups in total. The summed E-state index contributed by atoms with van der Waals surface area (Å²) >= 11 is 0. The van der Waals surface area contributed by atoms with Crippen molar-refractivity contribution in [3.8, 4) is 0 Å². The summed E-state index contributed by atoms with van der Waals surface area (Å²) in [5.74, 6) is -2.15. The normalized spacial score (nSPS) is 29.6. The highest BCUT2D eigenvalue weighted by atomic mass is 16.4. The van der Waals surface area contributed by atoms with Gasteiger partial charge in [0.15, 0.2) is 6.04 Å². The van der Waals surface area contributed by atoms with Crippen molar-refractivity contribution in [2.24, 2.45) is 17.8 Å². The molecule has 3 unspecified atom stereocenters. The van der Waals surface area contributed by atoms with Gasteiger partial charge in [-0.05, 0) is 24.3 Å². The van der Waals surface area contributed by atoms with E-state index in [1.165, 1.54) is 0 Å². The number of carboxylic acid groups (broad SMARTS) is 1. The van der Waals surface area contributed by atoms with Crippen molar-refractivity contribution in [2.45, 2.75) is 25.8 Å². The van der Waals surface area contributed by atoms with E-state index < -0.39 is 12.0 Å². The summed E-state index contributed by atoms with van der Waals surface area (Å²) in [4.78, 5) is 37.6. The second-order valence-electron chi connectivity index (χ2n) is 5.99. The Morgan fingerprint density at radius 2 is 1.67 bits per heavy atom. The van der Waals surface area contributed by atoms with Crippen molar-refractivity contribution < 1.29 is 19.5 Å². The average Bonchev–Trinajstić information content (AvgIpc) is 2.93. The monoisotopic (exact) mass is 287 g/mol. The Balaban J connectivity index is 1.97. The molecule has 0 bridgehead atoms. The van der Waals surface area contributed by atoms with E-state index in [0.717, 1.165) is 4.90 Å². The molecule has 0 radical (unpaired) electrons. The molecule has 2 aliphatic rings. The maximum absolute atomic E-state index is 12.5. The van der Waals surface area contributed by atoms with Crippen molar-refractivity contribution in [3.63, 3.8) is 0 Å². The summed E-state index contributed by atoms with van der Waals surface area (Å²) in [6.45, 7) is 2.02. The summed E-state index contributed by atoms with van der Waals surface area (Å²) in [6, 6.07) is 7.24. The molecule has 1 saturated carbocycles. The molecule has 2 fully saturated rings. The first-order valence-corrected chi connectivity index (χ1v) is 7.15. The summed E-state index contributed by atoms with van der Waals surface area (Å²) in [6.07, 6.45) is 1.35. The molecule has 2 amide bonds. The summed E-state index contributed by atoms with van der Waals surface area (Å²) < 4.78 is 0. The van der Waals surface area contributed by atoms with Gasteiger partial charge in [0.05, 0.1) is 11.8 Å². The minimum absolute atomic E-state index is 0.328. The fraction of sp³-hybridized carbons (Fsp3) is 0.438. The standard InChI is InChI=1S/C16H17NO4/c1-9-7-11-12(8-9)15(19)17(14(11)18)13(16(20)21)10-5-3-2-4-6-10/h2-6,9,11-13H,7-8H2,1H3,(H,20,21). The molecule has 1 heterocycles. The van der Waals surface area contributed by atoms with Gasteiger partial charge in [-0.2, -0.15) is 0 Å². The van der Waals surface area contributed by atoms with Gasteiger partial charge in [-0.15, -0.1) is 0 Å². The third-order valence-electron chi connectivity index (χ3n) is 4.51. The second-order valence-corrected chi connectivity index (χ2v) is 5.99. The van der Waals surface area contributed by atoms with E-state index in [0.29, 0.717) is 24.3 Å². The van der Waals surface area contributed by atoms with Crippen LogP contribution in [0.25, 0.3) is 0 Å². The van der Waals surface area contributed by atoms with Crippen LogP contribution in [0.3, 0.4) is 0 Å². The second kappa shape index (κ2) is 4.98. The van der Waals surface area contributed by atoms with E-state index in [-0.39, 0.29) is 23.7 Å². The predicted octanol–water partition coefficient (Wildman–Crippen LogP) is 1.84. The zero-order valence-corrected chi connectivity index (χ0v) is 11.7. The topological polar surface area (TPSA) is 74.7 Å². The Kier molecular flexibility index (Phi) is 3.27. The molecule has 110 valence electrons. The SMILES string of the molecule is CC1CC2C(=O)N(C(C(=O)O)c3ccccc3)C(=O)C2C1. The number of carbonyl (C=O) groups is 3. The molecular formula is C16H17NO4. The number of likely N-dealkylation sites (tertiary alicyclic amines) is 1. The first-order valence-electron chi connectivity index (χ1n) is 7.15. The fourth-order valence-electron chi connectivity index (χ4n) is 3.60. The van der Waals surface area contributed by atoms with Crippen LogP contribution in [0.1, 0.15) is 31.4 Å². The van der Waals surface area contributed by atoms with E-state index in [2.05, 4.69) is 0 Å². The van der Waals surface area contributed by atoms with Crippen LogP contribution in [0.2, 0.25) is 0 Å². The minimum atomic E-state index is -1.22. The number of nitrogens with zero attached hydrogens (tertiary/aromatic N) is 1. The average molecular weight is 287 g/mol. The Hall–Kier alpha value is -2.17. The van der Waals surface area contributed by atoms with Crippen LogP contribution in [0.15, 0.2) is 30.3 Å². The smallest absolute Gasteiger partial charge is 0.331 e. The number of benzene rings is 1. The molecule has 1 aromatic rings. The number of amides is 2. The van der Waals surface area contributed by atoms with Gasteiger partial charge in [0, 0.05) is 0 Å². The van der Waals surface area contributed by atoms with Gasteiger partial charge in [-0.3, -0.25) is 14.5 Å². The maximum atomic E-state index is 12.5. The lowest BCUT2D eigenvalue weighted by Crippen LogP contribution is -2.40. The van der Waals surface area contributed by atoms with Gasteiger partial charge in [0.1, 0.15) is 0 Å². The van der Waals surface area contributed by atoms with E-state index >= 15 is 0 Å². The van der Waals surface area contributed by atoms with Gasteiger partial charge in [-0.1, -0.05) is 37.3 Å². The molecule has 3 atom stereocenters. The lowest BCUT2D eigenvalue weighted by molar-refractivity contribution is -0.155. The van der Waals surface area contributed by atoms with Crippen molar-refractivity contribution in [2.75, 3.05) is 0 Å². The number of carboxylic acids is 1. The van der Waals surface area contributed by atoms with Gasteiger partial charge >= 0.3 is 5.97 Å². The Morgan fingerprint density at radius 1 is 1.14 bits per heavy atom. The van der Waals surface area contributed by atoms with Gasteiger partial charge in [-0.25, -0.2) is 4.79 Å². The number of aliphatic carboxylic acids is 1. The maximum Gasteiger partial charge on any atom is 0.331 e. The minimum Gasteiger partial charge on any atom is -0.479 e. The van der Waals surface area contributed by atoms with Gasteiger partial charge in [0.2, 0.25) is 11.8 Å². The molecule has 1 aliphatic heterocycles. The summed E-state index contributed by atoms with van der Waals surface area (Å²) in [5, 5.41) is 9.49. The van der Waals surface area contributed by atoms with Crippen LogP contribution in [0.4, 0.5) is 0 Å². The third kappa shape index (κ3) is 2.13. The van der Waals surface area contributed by atoms with Crippen molar-refractivity contribution in [1.29, 1.82) is 0 Å². The molecule has 0 aromatic heterocycles. The summed E-state index contributed by atoms with van der Waals surface area (Å²) in [5.41, 5.74) is 0.458. The van der Waals surface area contributed by atoms with Gasteiger partial charge in [0.25, 0.3) is 0 Å². The third-order valence-corrected chi connectivity index (χ3v) is 4.51. The fourth-order valence-corrected chi connectivity index (χ4v) is 3.60. The molecular weight excluding hydrogens is 270 g/mol. The lowest BCUT2D eigenvalue weighted by Gasteiger charge is -2.24. The Bertz CT molecular complexity index is 574. The Labute approximate surface area is 122 Å². The quantitative estimate of drug-likeness (QED) is 0.861. The van der Waals surface area contributed by atoms with Crippen LogP contribution in [-0.2, 0) is 14.4 Å². The lowest BCUT2D eigenvalue weighted by atomic mass is 10.00. The van der Waals surface area contributed by atoms with Crippen LogP contribution >= 0.6 is 0 Å². The van der Waals surface area contributed by atoms with E-state index in [1.54, 1.807) is 30.3 Å². The van der Waals surface area contributed by atoms with Gasteiger partial charge < -0.3 is 5.11 Å². The molecule has 5 nitrogen and oxygen atoms in total. The number of rotatable bonds is 3. The molecule has 1 aromatic carbocycles. The number of hydrogen-bond acceptors (Lipinski definition) is 3. The van der Waals surface area contributed by atoms with Crippen molar-refractivity contribution in [1.82, 2.24) is 4.90 Å². The highest BCUT2D eigenvalue weighted by Gasteiger charge is 2.55. The number of fused-ring (bicyclic) bond motifs is 1. The number of carbonyl (C=O) groups excluding carboxylic acids is 2. The molecule has 0 spiro atoms. The highest BCUT2D eigenvalue weighted by Crippen LogP contribution is 2.45.